The fourth-order valence-electron chi connectivity index (χ4n) is 5.06. The lowest BCUT2D eigenvalue weighted by atomic mass is 9.92. The molecule has 2 aromatic heterocycles. The van der Waals surface area contributed by atoms with E-state index in [9.17, 15) is 31.1 Å². The number of carbonyl (C=O) groups excluding carboxylic acids is 1. The van der Waals surface area contributed by atoms with Crippen LogP contribution in [0.5, 0.6) is 5.88 Å². The largest absolute Gasteiger partial charge is 0.481 e. The molecule has 4 rings (SSSR count). The summed E-state index contributed by atoms with van der Waals surface area (Å²) < 4.78 is 93.1. The number of rotatable bonds is 8. The number of methoxy groups -OCH3 is 1. The third-order valence-corrected chi connectivity index (χ3v) is 7.09. The first kappa shape index (κ1) is 33.0. The predicted molar refractivity (Wildman–Crippen MR) is 152 cm³/mol. The summed E-state index contributed by atoms with van der Waals surface area (Å²) >= 11 is 0. The third kappa shape index (κ3) is 7.44. The van der Waals surface area contributed by atoms with E-state index in [1.54, 1.807) is 13.0 Å². The number of ether oxygens (including phenoxy) is 2. The van der Waals surface area contributed by atoms with E-state index >= 15 is 0 Å². The second kappa shape index (κ2) is 13.4. The number of anilines is 2. The van der Waals surface area contributed by atoms with Crippen LogP contribution in [0.1, 0.15) is 60.7 Å². The van der Waals surface area contributed by atoms with Crippen LogP contribution in [0.25, 0.3) is 10.9 Å². The second-order valence-electron chi connectivity index (χ2n) is 9.94. The van der Waals surface area contributed by atoms with Gasteiger partial charge < -0.3 is 14.4 Å². The predicted octanol–water partition coefficient (Wildman–Crippen LogP) is 7.70. The van der Waals surface area contributed by atoms with Crippen molar-refractivity contribution in [2.45, 2.75) is 57.7 Å². The van der Waals surface area contributed by atoms with Crippen LogP contribution in [0.15, 0.2) is 48.9 Å². The highest BCUT2D eigenvalue weighted by atomic mass is 19.4. The van der Waals surface area contributed by atoms with Crippen LogP contribution in [0.4, 0.5) is 42.8 Å². The molecule has 0 radical (unpaired) electrons. The highest BCUT2D eigenvalue weighted by Crippen LogP contribution is 2.44. The number of amides is 1. The number of fused-ring (bicyclic) bond motifs is 1. The van der Waals surface area contributed by atoms with Crippen LogP contribution in [0.3, 0.4) is 0 Å². The van der Waals surface area contributed by atoms with E-state index in [1.165, 1.54) is 47.6 Å². The molecule has 0 spiro atoms. The van der Waals surface area contributed by atoms with Crippen molar-refractivity contribution in [3.05, 3.63) is 88.3 Å². The first-order valence-corrected chi connectivity index (χ1v) is 13.7. The molecular formula is C30H28F6N6O3. The third-order valence-electron chi connectivity index (χ3n) is 7.09. The van der Waals surface area contributed by atoms with E-state index in [-0.39, 0.29) is 42.2 Å². The van der Waals surface area contributed by atoms with E-state index in [1.807, 2.05) is 6.92 Å². The molecule has 1 aromatic carbocycles. The smallest absolute Gasteiger partial charge is 0.416 e. The van der Waals surface area contributed by atoms with Gasteiger partial charge in [0.1, 0.15) is 0 Å². The Labute approximate surface area is 254 Å². The van der Waals surface area contributed by atoms with Gasteiger partial charge in [0.25, 0.3) is 0 Å². The number of carbonyl (C=O) groups is 1. The molecule has 2 atom stereocenters. The minimum Gasteiger partial charge on any atom is -0.481 e. The molecule has 1 aliphatic rings. The van der Waals surface area contributed by atoms with Gasteiger partial charge in [0.15, 0.2) is 6.20 Å². The zero-order valence-electron chi connectivity index (χ0n) is 24.4. The molecule has 0 saturated heterocycles. The fraction of sp³-hybridized carbons (Fsp3) is 0.367. The lowest BCUT2D eigenvalue weighted by Crippen LogP contribution is -2.48. The first-order chi connectivity index (χ1) is 21.3. The summed E-state index contributed by atoms with van der Waals surface area (Å²) in [6, 6.07) is 3.17. The Balaban J connectivity index is 1.93. The van der Waals surface area contributed by atoms with Gasteiger partial charge >= 0.3 is 18.4 Å². The molecule has 45 heavy (non-hydrogen) atoms. The van der Waals surface area contributed by atoms with Crippen molar-refractivity contribution in [2.24, 2.45) is 0 Å². The van der Waals surface area contributed by atoms with Crippen molar-refractivity contribution in [1.82, 2.24) is 15.0 Å². The highest BCUT2D eigenvalue weighted by molar-refractivity contribution is 5.90. The maximum Gasteiger partial charge on any atom is 0.416 e. The number of nitrogens with zero attached hydrogens (tertiary/aromatic N) is 6. The minimum atomic E-state index is -5.05. The second-order valence-corrected chi connectivity index (χ2v) is 9.94. The molecular weight excluding hydrogens is 606 g/mol. The van der Waals surface area contributed by atoms with Gasteiger partial charge in [0.05, 0.1) is 48.8 Å². The molecule has 15 heteroatoms. The summed E-state index contributed by atoms with van der Waals surface area (Å²) in [7, 11) is 1.38. The van der Waals surface area contributed by atoms with E-state index in [2.05, 4.69) is 19.8 Å². The molecule has 1 amide bonds. The maximum atomic E-state index is 13.8. The van der Waals surface area contributed by atoms with E-state index < -0.39 is 48.2 Å². The molecule has 0 bridgehead atoms. The quantitative estimate of drug-likeness (QED) is 0.186. The highest BCUT2D eigenvalue weighted by Gasteiger charge is 2.42. The maximum absolute atomic E-state index is 13.8. The van der Waals surface area contributed by atoms with Crippen LogP contribution in [-0.2, 0) is 23.6 Å². The van der Waals surface area contributed by atoms with Gasteiger partial charge in [-0.3, -0.25) is 4.90 Å². The molecule has 3 heterocycles. The van der Waals surface area contributed by atoms with Crippen molar-refractivity contribution >= 4 is 23.8 Å². The molecule has 1 aliphatic heterocycles. The van der Waals surface area contributed by atoms with Gasteiger partial charge in [0, 0.05) is 36.6 Å². The Kier molecular flexibility index (Phi) is 9.84. The molecule has 0 aliphatic carbocycles. The summed E-state index contributed by atoms with van der Waals surface area (Å²) in [5, 5.41) is 0. The number of hydrogen-bond donors (Lipinski definition) is 0. The number of pyridine rings is 1. The summed E-state index contributed by atoms with van der Waals surface area (Å²) in [6.07, 6.45) is -4.79. The van der Waals surface area contributed by atoms with Gasteiger partial charge in [0.2, 0.25) is 11.8 Å². The first-order valence-electron chi connectivity index (χ1n) is 13.7. The number of alkyl halides is 6. The van der Waals surface area contributed by atoms with Crippen molar-refractivity contribution < 1.29 is 40.6 Å². The van der Waals surface area contributed by atoms with Crippen LogP contribution in [-0.4, -0.2) is 40.8 Å². The molecule has 0 unspecified atom stereocenters. The summed E-state index contributed by atoms with van der Waals surface area (Å²) in [5.41, 5.74) is -2.19. The molecule has 0 fully saturated rings. The van der Waals surface area contributed by atoms with E-state index in [4.69, 9.17) is 16.0 Å². The fourth-order valence-corrected chi connectivity index (χ4v) is 5.06. The van der Waals surface area contributed by atoms with Crippen molar-refractivity contribution in [2.75, 3.05) is 23.5 Å². The average Bonchev–Trinajstić information content (AvgIpc) is 3.01. The average molecular weight is 635 g/mol. The zero-order valence-corrected chi connectivity index (χ0v) is 24.4. The van der Waals surface area contributed by atoms with E-state index in [0.29, 0.717) is 29.8 Å². The number of halogens is 6. The van der Waals surface area contributed by atoms with Gasteiger partial charge in [-0.2, -0.15) is 26.3 Å². The van der Waals surface area contributed by atoms with Crippen LogP contribution in [0, 0.1) is 6.57 Å². The van der Waals surface area contributed by atoms with Crippen LogP contribution >= 0.6 is 0 Å². The van der Waals surface area contributed by atoms with Crippen LogP contribution < -0.4 is 14.5 Å². The molecule has 238 valence electrons. The lowest BCUT2D eigenvalue weighted by molar-refractivity contribution is -0.143. The van der Waals surface area contributed by atoms with Crippen molar-refractivity contribution in [3.8, 4) is 5.88 Å². The SMILES string of the molecule is [C-]#[N+]/C=C/c1cnc(N(Cc2cc(C(F)(F)F)cc(C(F)(F)F)c2)[C@H]2C[C@@H](CC)N(C(=O)OCC)c3ccc(OC)nc32)nc1. The Hall–Kier alpha value is -4.87. The Bertz CT molecular complexity index is 1550. The normalized spacial score (nSPS) is 16.7. The lowest BCUT2D eigenvalue weighted by Gasteiger charge is -2.43. The zero-order chi connectivity index (χ0) is 32.9. The molecule has 0 saturated carbocycles. The standard InChI is InChI=1S/C30H28F6N6O3/c1-5-22-14-24(26-23(7-8-25(40-26)44-4)42(22)28(43)45-6-2)41(27-38-15-18(16-39-27)9-10-37-3)17-19-11-20(29(31,32)33)13-21(12-19)30(34,35)36/h7-13,15-16,22,24H,5-6,14,17H2,1-2,4H3/b10-9+/t22-,24+/m1/s1. The van der Waals surface area contributed by atoms with Gasteiger partial charge in [-0.05, 0) is 49.6 Å². The van der Waals surface area contributed by atoms with Crippen LogP contribution in [0.2, 0.25) is 0 Å². The Morgan fingerprint density at radius 2 is 1.73 bits per heavy atom. The minimum absolute atomic E-state index is 0.0269. The number of hydrogen-bond acceptors (Lipinski definition) is 7. The topological polar surface area (TPSA) is 85.0 Å². The molecule has 0 N–H and O–H groups in total. The molecule has 3 aromatic rings. The van der Waals surface area contributed by atoms with Gasteiger partial charge in [-0.15, -0.1) is 0 Å². The Morgan fingerprint density at radius 3 is 2.27 bits per heavy atom. The summed E-state index contributed by atoms with van der Waals surface area (Å²) in [4.78, 5) is 32.3. The number of aromatic nitrogens is 3. The van der Waals surface area contributed by atoms with Crippen molar-refractivity contribution in [1.29, 1.82) is 0 Å². The van der Waals surface area contributed by atoms with Gasteiger partial charge in [-0.1, -0.05) is 13.0 Å². The monoisotopic (exact) mass is 634 g/mol. The molecule has 9 nitrogen and oxygen atoms in total. The Morgan fingerprint density at radius 1 is 1.09 bits per heavy atom. The van der Waals surface area contributed by atoms with E-state index in [0.717, 1.165) is 0 Å². The van der Waals surface area contributed by atoms with Crippen molar-refractivity contribution in [3.63, 3.8) is 0 Å². The summed E-state index contributed by atoms with van der Waals surface area (Å²) in [6.45, 7) is 10.0. The van der Waals surface area contributed by atoms with Gasteiger partial charge in [-0.25, -0.2) is 24.6 Å². The number of benzene rings is 1. The summed E-state index contributed by atoms with van der Waals surface area (Å²) in [5.74, 6) is 0.136.